The van der Waals surface area contributed by atoms with Crippen molar-refractivity contribution in [3.63, 3.8) is 0 Å². The predicted octanol–water partition coefficient (Wildman–Crippen LogP) is 3.81. The zero-order valence-electron chi connectivity index (χ0n) is 13.6. The van der Waals surface area contributed by atoms with Crippen LogP contribution in [0.25, 0.3) is 5.69 Å². The first-order chi connectivity index (χ1) is 11.5. The first kappa shape index (κ1) is 15.9. The molecule has 0 aliphatic heterocycles. The van der Waals surface area contributed by atoms with Crippen LogP contribution in [0.2, 0.25) is 0 Å². The monoisotopic (exact) mass is 323 g/mol. The topological polar surface area (TPSA) is 46.9 Å². The molecular formula is C19H18FN3O. The molecule has 0 saturated carbocycles. The lowest BCUT2D eigenvalue weighted by Crippen LogP contribution is -2.14. The van der Waals surface area contributed by atoms with Gasteiger partial charge in [0.25, 0.3) is 0 Å². The number of nitrogens with one attached hydrogen (secondary N) is 1. The van der Waals surface area contributed by atoms with Gasteiger partial charge in [-0.3, -0.25) is 4.79 Å². The molecule has 0 radical (unpaired) electrons. The molecule has 3 rings (SSSR count). The van der Waals surface area contributed by atoms with Gasteiger partial charge < -0.3 is 5.32 Å². The van der Waals surface area contributed by atoms with Gasteiger partial charge in [-0.15, -0.1) is 0 Å². The SMILES string of the molecule is Cc1cc(C)n(-c2ccc(CC(=O)Nc3ccc(F)cc3)cc2)n1. The lowest BCUT2D eigenvalue weighted by Gasteiger charge is -2.07. The van der Waals surface area contributed by atoms with Crippen LogP contribution in [0.15, 0.2) is 54.6 Å². The van der Waals surface area contributed by atoms with E-state index in [4.69, 9.17) is 0 Å². The standard InChI is InChI=1S/C19H18FN3O/c1-13-11-14(2)23(22-13)18-9-3-15(4-10-18)12-19(24)21-17-7-5-16(20)6-8-17/h3-11H,12H2,1-2H3,(H,21,24). The predicted molar refractivity (Wildman–Crippen MR) is 91.8 cm³/mol. The van der Waals surface area contributed by atoms with E-state index in [0.717, 1.165) is 22.6 Å². The van der Waals surface area contributed by atoms with E-state index in [1.165, 1.54) is 12.1 Å². The molecule has 4 nitrogen and oxygen atoms in total. The first-order valence-electron chi connectivity index (χ1n) is 7.69. The maximum Gasteiger partial charge on any atom is 0.228 e. The highest BCUT2D eigenvalue weighted by atomic mass is 19.1. The zero-order valence-corrected chi connectivity index (χ0v) is 13.6. The number of benzene rings is 2. The summed E-state index contributed by atoms with van der Waals surface area (Å²) in [6.07, 6.45) is 0.259. The molecule has 0 fully saturated rings. The van der Waals surface area contributed by atoms with Crippen molar-refractivity contribution in [1.29, 1.82) is 0 Å². The Balaban J connectivity index is 1.66. The van der Waals surface area contributed by atoms with E-state index in [9.17, 15) is 9.18 Å². The van der Waals surface area contributed by atoms with Gasteiger partial charge in [0, 0.05) is 11.4 Å². The number of hydrogen-bond donors (Lipinski definition) is 1. The van der Waals surface area contributed by atoms with Gasteiger partial charge in [0.15, 0.2) is 0 Å². The quantitative estimate of drug-likeness (QED) is 0.793. The van der Waals surface area contributed by atoms with Crippen LogP contribution in [0.3, 0.4) is 0 Å². The van der Waals surface area contributed by atoms with Gasteiger partial charge >= 0.3 is 0 Å². The molecule has 1 heterocycles. The molecule has 0 unspecified atom stereocenters. The number of amides is 1. The molecule has 1 aromatic heterocycles. The van der Waals surface area contributed by atoms with Gasteiger partial charge in [-0.2, -0.15) is 5.10 Å². The average molecular weight is 323 g/mol. The van der Waals surface area contributed by atoms with Crippen LogP contribution in [-0.4, -0.2) is 15.7 Å². The van der Waals surface area contributed by atoms with E-state index in [2.05, 4.69) is 10.4 Å². The minimum absolute atomic E-state index is 0.138. The van der Waals surface area contributed by atoms with Crippen molar-refractivity contribution in [3.8, 4) is 5.69 Å². The highest BCUT2D eigenvalue weighted by molar-refractivity contribution is 5.92. The Morgan fingerprint density at radius 3 is 2.33 bits per heavy atom. The number of carbonyl (C=O) groups is 1. The summed E-state index contributed by atoms with van der Waals surface area (Å²) in [5.41, 5.74) is 4.48. The fourth-order valence-corrected chi connectivity index (χ4v) is 2.57. The minimum Gasteiger partial charge on any atom is -0.326 e. The molecule has 2 aromatic carbocycles. The number of carbonyl (C=O) groups excluding carboxylic acids is 1. The van der Waals surface area contributed by atoms with Crippen LogP contribution in [0, 0.1) is 19.7 Å². The second-order valence-corrected chi connectivity index (χ2v) is 5.74. The molecule has 0 spiro atoms. The summed E-state index contributed by atoms with van der Waals surface area (Å²) >= 11 is 0. The van der Waals surface area contributed by atoms with Crippen LogP contribution < -0.4 is 5.32 Å². The summed E-state index contributed by atoms with van der Waals surface area (Å²) < 4.78 is 14.7. The molecule has 0 saturated heterocycles. The third-order valence-corrected chi connectivity index (χ3v) is 3.68. The highest BCUT2D eigenvalue weighted by Gasteiger charge is 2.07. The molecular weight excluding hydrogens is 305 g/mol. The van der Waals surface area contributed by atoms with Crippen molar-refractivity contribution in [2.45, 2.75) is 20.3 Å². The molecule has 0 bridgehead atoms. The molecule has 0 aliphatic rings. The largest absolute Gasteiger partial charge is 0.326 e. The van der Waals surface area contributed by atoms with Crippen molar-refractivity contribution >= 4 is 11.6 Å². The summed E-state index contributed by atoms with van der Waals surface area (Å²) in [7, 11) is 0. The van der Waals surface area contributed by atoms with E-state index in [-0.39, 0.29) is 18.1 Å². The molecule has 3 aromatic rings. The van der Waals surface area contributed by atoms with Crippen LogP contribution in [0.5, 0.6) is 0 Å². The van der Waals surface area contributed by atoms with Crippen molar-refractivity contribution in [1.82, 2.24) is 9.78 Å². The molecule has 0 atom stereocenters. The highest BCUT2D eigenvalue weighted by Crippen LogP contribution is 2.14. The molecule has 122 valence electrons. The van der Waals surface area contributed by atoms with Crippen LogP contribution >= 0.6 is 0 Å². The zero-order chi connectivity index (χ0) is 17.1. The minimum atomic E-state index is -0.326. The average Bonchev–Trinajstić information content (AvgIpc) is 2.89. The van der Waals surface area contributed by atoms with Crippen molar-refractivity contribution < 1.29 is 9.18 Å². The Bertz CT molecular complexity index is 851. The number of aryl methyl sites for hydroxylation is 2. The molecule has 5 heteroatoms. The van der Waals surface area contributed by atoms with E-state index >= 15 is 0 Å². The van der Waals surface area contributed by atoms with E-state index in [0.29, 0.717) is 5.69 Å². The number of anilines is 1. The third kappa shape index (κ3) is 3.68. The Morgan fingerprint density at radius 1 is 1.08 bits per heavy atom. The van der Waals surface area contributed by atoms with Crippen molar-refractivity contribution in [3.05, 3.63) is 77.4 Å². The molecule has 24 heavy (non-hydrogen) atoms. The second kappa shape index (κ2) is 6.66. The summed E-state index contributed by atoms with van der Waals surface area (Å²) in [4.78, 5) is 12.1. The van der Waals surface area contributed by atoms with Crippen LogP contribution in [0.4, 0.5) is 10.1 Å². The summed E-state index contributed by atoms with van der Waals surface area (Å²) in [5, 5.41) is 7.19. The summed E-state index contributed by atoms with van der Waals surface area (Å²) in [5.74, 6) is -0.465. The molecule has 1 amide bonds. The number of hydrogen-bond acceptors (Lipinski definition) is 2. The Labute approximate surface area is 139 Å². The van der Waals surface area contributed by atoms with Gasteiger partial charge in [0.05, 0.1) is 17.8 Å². The lowest BCUT2D eigenvalue weighted by atomic mass is 10.1. The van der Waals surface area contributed by atoms with E-state index < -0.39 is 0 Å². The Kier molecular flexibility index (Phi) is 4.42. The van der Waals surface area contributed by atoms with Crippen LogP contribution in [-0.2, 0) is 11.2 Å². The number of rotatable bonds is 4. The molecule has 1 N–H and O–H groups in total. The van der Waals surface area contributed by atoms with Crippen LogP contribution in [0.1, 0.15) is 17.0 Å². The third-order valence-electron chi connectivity index (χ3n) is 3.68. The Hall–Kier alpha value is -2.95. The van der Waals surface area contributed by atoms with Gasteiger partial charge in [-0.1, -0.05) is 12.1 Å². The fraction of sp³-hybridized carbons (Fsp3) is 0.158. The number of nitrogens with zero attached hydrogens (tertiary/aromatic N) is 2. The lowest BCUT2D eigenvalue weighted by molar-refractivity contribution is -0.115. The molecule has 0 aliphatic carbocycles. The maximum atomic E-state index is 12.9. The summed E-state index contributed by atoms with van der Waals surface area (Å²) in [6, 6.07) is 15.5. The first-order valence-corrected chi connectivity index (χ1v) is 7.69. The number of halogens is 1. The Morgan fingerprint density at radius 2 is 1.75 bits per heavy atom. The van der Waals surface area contributed by atoms with Gasteiger partial charge in [0.2, 0.25) is 5.91 Å². The fourth-order valence-electron chi connectivity index (χ4n) is 2.57. The van der Waals surface area contributed by atoms with E-state index in [1.54, 1.807) is 12.1 Å². The maximum absolute atomic E-state index is 12.9. The van der Waals surface area contributed by atoms with Gasteiger partial charge in [-0.25, -0.2) is 9.07 Å². The van der Waals surface area contributed by atoms with Gasteiger partial charge in [-0.05, 0) is 61.9 Å². The van der Waals surface area contributed by atoms with Crippen molar-refractivity contribution in [2.75, 3.05) is 5.32 Å². The second-order valence-electron chi connectivity index (χ2n) is 5.74. The van der Waals surface area contributed by atoms with E-state index in [1.807, 2.05) is 48.9 Å². The summed E-state index contributed by atoms with van der Waals surface area (Å²) in [6.45, 7) is 3.96. The normalized spacial score (nSPS) is 10.6. The smallest absolute Gasteiger partial charge is 0.228 e. The van der Waals surface area contributed by atoms with Crippen molar-refractivity contribution in [2.24, 2.45) is 0 Å². The number of aromatic nitrogens is 2. The van der Waals surface area contributed by atoms with Gasteiger partial charge in [0.1, 0.15) is 5.82 Å².